The van der Waals surface area contributed by atoms with E-state index in [1.54, 1.807) is 14.1 Å². The summed E-state index contributed by atoms with van der Waals surface area (Å²) in [6.07, 6.45) is -1.72. The van der Waals surface area contributed by atoms with Crippen LogP contribution in [-0.4, -0.2) is 55.4 Å². The molecule has 1 unspecified atom stereocenters. The van der Waals surface area contributed by atoms with Crippen LogP contribution in [0.25, 0.3) is 0 Å². The number of nitrogens with one attached hydrogen (secondary N) is 1. The van der Waals surface area contributed by atoms with Crippen molar-refractivity contribution in [2.75, 3.05) is 33.7 Å². The molecule has 0 aliphatic carbocycles. The van der Waals surface area contributed by atoms with E-state index in [4.69, 9.17) is 0 Å². The maximum atomic E-state index is 12.7. The predicted octanol–water partition coefficient (Wildman–Crippen LogP) is 3.36. The van der Waals surface area contributed by atoms with E-state index in [1.165, 1.54) is 18.6 Å². The number of carbonyl (C=O) groups is 1. The highest BCUT2D eigenvalue weighted by Gasteiger charge is 2.30. The Bertz CT molecular complexity index is 673. The van der Waals surface area contributed by atoms with E-state index in [-0.39, 0.29) is 5.91 Å². The number of likely N-dealkylation sites (tertiary alicyclic amines) is 1. The number of piperidine rings is 1. The van der Waals surface area contributed by atoms with Crippen molar-refractivity contribution in [1.29, 1.82) is 0 Å². The number of halogens is 3. The second-order valence-corrected chi connectivity index (χ2v) is 7.36. The molecule has 0 radical (unpaired) electrons. The van der Waals surface area contributed by atoms with Gasteiger partial charge in [-0.3, -0.25) is 9.79 Å². The number of hydrogen-bond acceptors (Lipinski definition) is 2. The van der Waals surface area contributed by atoms with Gasteiger partial charge >= 0.3 is 6.18 Å². The molecule has 1 N–H and O–H groups in total. The van der Waals surface area contributed by atoms with Crippen LogP contribution in [0.1, 0.15) is 37.3 Å². The molecule has 2 rings (SSSR count). The largest absolute Gasteiger partial charge is 0.416 e. The van der Waals surface area contributed by atoms with Crippen molar-refractivity contribution in [3.63, 3.8) is 0 Å². The highest BCUT2D eigenvalue weighted by atomic mass is 19.4. The fourth-order valence-electron chi connectivity index (χ4n) is 3.39. The van der Waals surface area contributed by atoms with E-state index in [2.05, 4.69) is 17.2 Å². The number of benzene rings is 1. The molecule has 8 heteroatoms. The summed E-state index contributed by atoms with van der Waals surface area (Å²) in [5.41, 5.74) is 0.0868. The first-order valence-corrected chi connectivity index (χ1v) is 9.56. The Morgan fingerprint density at radius 3 is 2.57 bits per heavy atom. The van der Waals surface area contributed by atoms with Crippen molar-refractivity contribution < 1.29 is 18.0 Å². The molecule has 0 bridgehead atoms. The number of nitrogens with zero attached hydrogens (tertiary/aromatic N) is 3. The summed E-state index contributed by atoms with van der Waals surface area (Å²) in [6.45, 7) is 4.69. The molecule has 1 amide bonds. The van der Waals surface area contributed by atoms with Gasteiger partial charge in [-0.25, -0.2) is 0 Å². The third kappa shape index (κ3) is 6.42. The molecule has 28 heavy (non-hydrogen) atoms. The quantitative estimate of drug-likeness (QED) is 0.611. The molecular weight excluding hydrogens is 369 g/mol. The first-order valence-electron chi connectivity index (χ1n) is 9.56. The van der Waals surface area contributed by atoms with Crippen molar-refractivity contribution in [2.45, 2.75) is 38.9 Å². The minimum Gasteiger partial charge on any atom is -0.356 e. The minimum atomic E-state index is -4.33. The van der Waals surface area contributed by atoms with Crippen LogP contribution >= 0.6 is 0 Å². The molecule has 5 nitrogen and oxygen atoms in total. The zero-order valence-electron chi connectivity index (χ0n) is 16.7. The molecular formula is C20H29F3N4O. The average Bonchev–Trinajstić information content (AvgIpc) is 2.64. The number of rotatable bonds is 5. The van der Waals surface area contributed by atoms with Crippen LogP contribution < -0.4 is 5.32 Å². The van der Waals surface area contributed by atoms with Crippen LogP contribution in [0.3, 0.4) is 0 Å². The van der Waals surface area contributed by atoms with Crippen LogP contribution in [0, 0.1) is 5.92 Å². The predicted molar refractivity (Wildman–Crippen MR) is 104 cm³/mol. The van der Waals surface area contributed by atoms with Gasteiger partial charge in [0.05, 0.1) is 5.56 Å². The molecule has 0 aromatic heterocycles. The number of hydrogen-bond donors (Lipinski definition) is 1. The van der Waals surface area contributed by atoms with Gasteiger partial charge in [0.2, 0.25) is 5.91 Å². The second-order valence-electron chi connectivity index (χ2n) is 7.36. The van der Waals surface area contributed by atoms with Crippen LogP contribution in [0.2, 0.25) is 0 Å². The number of alkyl halides is 3. The van der Waals surface area contributed by atoms with Gasteiger partial charge in [-0.15, -0.1) is 0 Å². The molecule has 1 aliphatic heterocycles. The molecule has 0 spiro atoms. The van der Waals surface area contributed by atoms with E-state index >= 15 is 0 Å². The van der Waals surface area contributed by atoms with Crippen molar-refractivity contribution in [3.05, 3.63) is 35.4 Å². The lowest BCUT2D eigenvalue weighted by Gasteiger charge is -2.31. The van der Waals surface area contributed by atoms with Crippen molar-refractivity contribution in [3.8, 4) is 0 Å². The van der Waals surface area contributed by atoms with Crippen LogP contribution in [0.5, 0.6) is 0 Å². The summed E-state index contributed by atoms with van der Waals surface area (Å²) < 4.78 is 38.0. The van der Waals surface area contributed by atoms with Gasteiger partial charge in [0.25, 0.3) is 0 Å². The Morgan fingerprint density at radius 1 is 1.32 bits per heavy atom. The van der Waals surface area contributed by atoms with Crippen molar-refractivity contribution in [2.24, 2.45) is 10.9 Å². The smallest absolute Gasteiger partial charge is 0.356 e. The van der Waals surface area contributed by atoms with E-state index < -0.39 is 11.7 Å². The summed E-state index contributed by atoms with van der Waals surface area (Å²) in [4.78, 5) is 20.3. The van der Waals surface area contributed by atoms with Gasteiger partial charge in [-0.1, -0.05) is 19.1 Å². The standard InChI is InChI=1S/C20H29F3N4O/c1-15-5-4-12-27(13-15)18(28)10-11-25-19(24-2)26(3)14-16-6-8-17(9-7-16)20(21,22)23/h6-9,15H,4-5,10-14H2,1-3H3,(H,24,25). The molecule has 1 fully saturated rings. The fourth-order valence-corrected chi connectivity index (χ4v) is 3.39. The molecule has 1 saturated heterocycles. The molecule has 1 atom stereocenters. The Labute approximate surface area is 164 Å². The Morgan fingerprint density at radius 2 is 2.00 bits per heavy atom. The van der Waals surface area contributed by atoms with E-state index in [1.807, 2.05) is 9.80 Å². The second kappa shape index (κ2) is 9.80. The number of aliphatic imine (C=N–C) groups is 1. The van der Waals surface area contributed by atoms with Crippen molar-refractivity contribution in [1.82, 2.24) is 15.1 Å². The lowest BCUT2D eigenvalue weighted by molar-refractivity contribution is -0.137. The van der Waals surface area contributed by atoms with Gasteiger partial charge in [0.15, 0.2) is 5.96 Å². The lowest BCUT2D eigenvalue weighted by Crippen LogP contribution is -2.42. The zero-order chi connectivity index (χ0) is 20.7. The minimum absolute atomic E-state index is 0.139. The van der Waals surface area contributed by atoms with Crippen molar-refractivity contribution >= 4 is 11.9 Å². The Hall–Kier alpha value is -2.25. The van der Waals surface area contributed by atoms with Crippen LogP contribution in [-0.2, 0) is 17.5 Å². The summed E-state index contributed by atoms with van der Waals surface area (Å²) in [5, 5.41) is 3.15. The molecule has 0 saturated carbocycles. The Kier molecular flexibility index (Phi) is 7.71. The molecule has 1 aromatic carbocycles. The number of carbonyl (C=O) groups excluding carboxylic acids is 1. The third-order valence-electron chi connectivity index (χ3n) is 4.91. The first kappa shape index (κ1) is 22.0. The van der Waals surface area contributed by atoms with Gasteiger partial charge < -0.3 is 15.1 Å². The topological polar surface area (TPSA) is 47.9 Å². The first-order chi connectivity index (χ1) is 13.2. The number of amides is 1. The zero-order valence-corrected chi connectivity index (χ0v) is 16.7. The maximum Gasteiger partial charge on any atom is 0.416 e. The fraction of sp³-hybridized carbons (Fsp3) is 0.600. The highest BCUT2D eigenvalue weighted by molar-refractivity contribution is 5.81. The molecule has 156 valence electrons. The van der Waals surface area contributed by atoms with E-state index in [0.717, 1.165) is 37.2 Å². The van der Waals surface area contributed by atoms with Gasteiger partial charge in [-0.2, -0.15) is 13.2 Å². The third-order valence-corrected chi connectivity index (χ3v) is 4.91. The average molecular weight is 398 g/mol. The molecule has 1 heterocycles. The van der Waals surface area contributed by atoms with E-state index in [0.29, 0.717) is 31.4 Å². The molecule has 1 aromatic rings. The normalized spacial score (nSPS) is 18.1. The summed E-state index contributed by atoms with van der Waals surface area (Å²) in [6, 6.07) is 5.09. The summed E-state index contributed by atoms with van der Waals surface area (Å²) in [5.74, 6) is 1.29. The SMILES string of the molecule is CN=C(NCCC(=O)N1CCCC(C)C1)N(C)Cc1ccc(C(F)(F)F)cc1. The van der Waals surface area contributed by atoms with Gasteiger partial charge in [0, 0.05) is 46.7 Å². The highest BCUT2D eigenvalue weighted by Crippen LogP contribution is 2.29. The molecule has 1 aliphatic rings. The Balaban J connectivity index is 1.81. The van der Waals surface area contributed by atoms with Gasteiger partial charge in [0.1, 0.15) is 0 Å². The summed E-state index contributed by atoms with van der Waals surface area (Å²) in [7, 11) is 3.45. The lowest BCUT2D eigenvalue weighted by atomic mass is 10.00. The van der Waals surface area contributed by atoms with E-state index in [9.17, 15) is 18.0 Å². The monoisotopic (exact) mass is 398 g/mol. The number of guanidine groups is 1. The van der Waals surface area contributed by atoms with Crippen LogP contribution in [0.4, 0.5) is 13.2 Å². The van der Waals surface area contributed by atoms with Gasteiger partial charge in [-0.05, 0) is 36.5 Å². The van der Waals surface area contributed by atoms with Crippen LogP contribution in [0.15, 0.2) is 29.3 Å². The maximum absolute atomic E-state index is 12.7. The summed E-state index contributed by atoms with van der Waals surface area (Å²) >= 11 is 0.